The van der Waals surface area contributed by atoms with Crippen LogP contribution in [-0.2, 0) is 14.6 Å². The van der Waals surface area contributed by atoms with Gasteiger partial charge < -0.3 is 9.84 Å². The van der Waals surface area contributed by atoms with Crippen molar-refractivity contribution in [2.24, 2.45) is 11.8 Å². The molecule has 0 aromatic rings. The van der Waals surface area contributed by atoms with Gasteiger partial charge in [0.05, 0.1) is 6.61 Å². The minimum Gasteiger partial charge on any atom is -0.479 e. The maximum atomic E-state index is 11.2. The van der Waals surface area contributed by atoms with E-state index < -0.39 is 18.2 Å². The van der Waals surface area contributed by atoms with Crippen LogP contribution in [0.4, 0.5) is 0 Å². The predicted octanol–water partition coefficient (Wildman–Crippen LogP) is 6.39. The molecule has 4 atom stereocenters. The van der Waals surface area contributed by atoms with E-state index in [4.69, 9.17) is 4.74 Å². The molecule has 0 saturated heterocycles. The van der Waals surface area contributed by atoms with Gasteiger partial charge in [-0.1, -0.05) is 96.8 Å². The molecule has 4 heteroatoms. The molecule has 0 amide bonds. The minimum atomic E-state index is -0.939. The molecule has 0 heterocycles. The van der Waals surface area contributed by atoms with E-state index in [9.17, 15) is 15.0 Å². The average molecular weight is 384 g/mol. The fourth-order valence-electron chi connectivity index (χ4n) is 4.50. The highest BCUT2D eigenvalue weighted by molar-refractivity contribution is 5.72. The SMILES string of the molecule is CCCCCCCC[C@H]1CCC[C@@H]1CCCCCC(OCC(C)[O])C(=O)O. The van der Waals surface area contributed by atoms with E-state index in [2.05, 4.69) is 6.92 Å². The topological polar surface area (TPSA) is 66.4 Å². The lowest BCUT2D eigenvalue weighted by atomic mass is 9.86. The molecule has 1 rings (SSSR count). The van der Waals surface area contributed by atoms with Gasteiger partial charge in [-0.2, -0.15) is 0 Å². The van der Waals surface area contributed by atoms with Crippen molar-refractivity contribution in [2.45, 2.75) is 122 Å². The summed E-state index contributed by atoms with van der Waals surface area (Å²) in [5.41, 5.74) is 0. The Labute approximate surface area is 167 Å². The number of carbonyl (C=O) groups is 1. The van der Waals surface area contributed by atoms with Gasteiger partial charge in [-0.05, 0) is 25.2 Å². The van der Waals surface area contributed by atoms with Gasteiger partial charge in [-0.25, -0.2) is 9.90 Å². The molecular weight excluding hydrogens is 340 g/mol. The van der Waals surface area contributed by atoms with Gasteiger partial charge in [0, 0.05) is 0 Å². The molecule has 0 aromatic carbocycles. The number of aliphatic carboxylic acids is 1. The molecule has 0 aliphatic heterocycles. The predicted molar refractivity (Wildman–Crippen MR) is 109 cm³/mol. The molecule has 1 aliphatic carbocycles. The first-order valence-electron chi connectivity index (χ1n) is 11.5. The van der Waals surface area contributed by atoms with Crippen molar-refractivity contribution in [2.75, 3.05) is 6.61 Å². The van der Waals surface area contributed by atoms with Crippen molar-refractivity contribution in [1.82, 2.24) is 0 Å². The van der Waals surface area contributed by atoms with Gasteiger partial charge in [0.2, 0.25) is 0 Å². The summed E-state index contributed by atoms with van der Waals surface area (Å²) in [7, 11) is 0. The molecule has 1 saturated carbocycles. The van der Waals surface area contributed by atoms with Crippen LogP contribution in [-0.4, -0.2) is 29.9 Å². The highest BCUT2D eigenvalue weighted by Crippen LogP contribution is 2.38. The zero-order chi connectivity index (χ0) is 19.9. The number of unbranched alkanes of at least 4 members (excludes halogenated alkanes) is 7. The highest BCUT2D eigenvalue weighted by Gasteiger charge is 2.26. The van der Waals surface area contributed by atoms with Gasteiger partial charge in [0.25, 0.3) is 0 Å². The first kappa shape index (κ1) is 24.4. The van der Waals surface area contributed by atoms with Gasteiger partial charge in [0.15, 0.2) is 6.10 Å². The van der Waals surface area contributed by atoms with Gasteiger partial charge in [-0.15, -0.1) is 0 Å². The number of rotatable bonds is 17. The smallest absolute Gasteiger partial charge is 0.332 e. The Hall–Kier alpha value is -0.610. The van der Waals surface area contributed by atoms with Crippen LogP contribution in [0.1, 0.15) is 110 Å². The maximum absolute atomic E-state index is 11.2. The van der Waals surface area contributed by atoms with Crippen LogP contribution in [0, 0.1) is 11.8 Å². The van der Waals surface area contributed by atoms with Gasteiger partial charge >= 0.3 is 5.97 Å². The largest absolute Gasteiger partial charge is 0.479 e. The second kappa shape index (κ2) is 15.3. The maximum Gasteiger partial charge on any atom is 0.332 e. The Bertz CT molecular complexity index is 369. The Morgan fingerprint density at radius 2 is 1.52 bits per heavy atom. The molecule has 2 unspecified atom stereocenters. The van der Waals surface area contributed by atoms with Crippen molar-refractivity contribution < 1.29 is 19.7 Å². The summed E-state index contributed by atoms with van der Waals surface area (Å²) in [6.07, 6.45) is 17.2. The summed E-state index contributed by atoms with van der Waals surface area (Å²) in [5, 5.41) is 20.2. The molecular formula is C23H43O4. The zero-order valence-corrected chi connectivity index (χ0v) is 17.8. The van der Waals surface area contributed by atoms with Crippen LogP contribution < -0.4 is 0 Å². The second-order valence-corrected chi connectivity index (χ2v) is 8.62. The van der Waals surface area contributed by atoms with E-state index in [1.165, 1.54) is 84.0 Å². The molecule has 0 aromatic heterocycles. The third-order valence-electron chi connectivity index (χ3n) is 6.09. The Morgan fingerprint density at radius 3 is 2.07 bits per heavy atom. The zero-order valence-electron chi connectivity index (χ0n) is 17.8. The summed E-state index contributed by atoms with van der Waals surface area (Å²) >= 11 is 0. The molecule has 159 valence electrons. The van der Waals surface area contributed by atoms with Crippen LogP contribution >= 0.6 is 0 Å². The van der Waals surface area contributed by atoms with Crippen LogP contribution in [0.3, 0.4) is 0 Å². The van der Waals surface area contributed by atoms with E-state index in [0.717, 1.165) is 24.7 Å². The molecule has 0 spiro atoms. The van der Waals surface area contributed by atoms with Crippen LogP contribution in [0.25, 0.3) is 0 Å². The molecule has 1 fully saturated rings. The first-order valence-corrected chi connectivity index (χ1v) is 11.5. The Balaban J connectivity index is 2.10. The fourth-order valence-corrected chi connectivity index (χ4v) is 4.50. The summed E-state index contributed by atoms with van der Waals surface area (Å²) in [6, 6.07) is 0. The van der Waals surface area contributed by atoms with Crippen molar-refractivity contribution in [1.29, 1.82) is 0 Å². The van der Waals surface area contributed by atoms with E-state index in [-0.39, 0.29) is 6.61 Å². The summed E-state index contributed by atoms with van der Waals surface area (Å²) < 4.78 is 5.23. The summed E-state index contributed by atoms with van der Waals surface area (Å²) in [5.74, 6) is 0.892. The van der Waals surface area contributed by atoms with E-state index >= 15 is 0 Å². The van der Waals surface area contributed by atoms with Gasteiger partial charge in [0.1, 0.15) is 6.10 Å². The monoisotopic (exact) mass is 383 g/mol. The van der Waals surface area contributed by atoms with Crippen molar-refractivity contribution in [3.05, 3.63) is 0 Å². The van der Waals surface area contributed by atoms with E-state index in [0.29, 0.717) is 6.42 Å². The normalized spacial score (nSPS) is 22.0. The number of carboxylic acids is 1. The van der Waals surface area contributed by atoms with Crippen LogP contribution in [0.5, 0.6) is 0 Å². The molecule has 4 nitrogen and oxygen atoms in total. The van der Waals surface area contributed by atoms with E-state index in [1.807, 2.05) is 0 Å². The molecule has 0 bridgehead atoms. The third-order valence-corrected chi connectivity index (χ3v) is 6.09. The second-order valence-electron chi connectivity index (χ2n) is 8.62. The van der Waals surface area contributed by atoms with Crippen LogP contribution in [0.15, 0.2) is 0 Å². The average Bonchev–Trinajstić information content (AvgIpc) is 3.07. The lowest BCUT2D eigenvalue weighted by molar-refractivity contribution is -0.153. The summed E-state index contributed by atoms with van der Waals surface area (Å²) in [6.45, 7) is 3.76. The van der Waals surface area contributed by atoms with Crippen molar-refractivity contribution >= 4 is 5.97 Å². The van der Waals surface area contributed by atoms with Crippen LogP contribution in [0.2, 0.25) is 0 Å². The Kier molecular flexibility index (Phi) is 13.9. The standard InChI is InChI=1S/C23H43O4/c1-3-4-5-6-7-9-13-20-15-12-16-21(20)14-10-8-11-17-22(23(25)26)27-18-19(2)24/h19-22H,3-18H2,1-2H3,(H,25,26)/t19?,20-,21-,22?/m0/s1. The molecule has 27 heavy (non-hydrogen) atoms. The third kappa shape index (κ3) is 11.7. The summed E-state index contributed by atoms with van der Waals surface area (Å²) in [4.78, 5) is 11.2. The number of hydrogen-bond donors (Lipinski definition) is 1. The molecule has 1 radical (unpaired) electrons. The number of hydrogen-bond acceptors (Lipinski definition) is 2. The first-order chi connectivity index (χ1) is 13.0. The lowest BCUT2D eigenvalue weighted by Gasteiger charge is -2.20. The number of carboxylic acid groups (broad SMARTS) is 1. The number of ether oxygens (including phenoxy) is 1. The highest BCUT2D eigenvalue weighted by atomic mass is 16.5. The molecule has 1 N–H and O–H groups in total. The molecule has 1 aliphatic rings. The fraction of sp³-hybridized carbons (Fsp3) is 0.957. The minimum absolute atomic E-state index is 0.0147. The lowest BCUT2D eigenvalue weighted by Crippen LogP contribution is -2.27. The van der Waals surface area contributed by atoms with E-state index in [1.54, 1.807) is 0 Å². The van der Waals surface area contributed by atoms with Crippen molar-refractivity contribution in [3.63, 3.8) is 0 Å². The Morgan fingerprint density at radius 1 is 0.963 bits per heavy atom. The van der Waals surface area contributed by atoms with Gasteiger partial charge in [-0.3, -0.25) is 0 Å². The van der Waals surface area contributed by atoms with Crippen molar-refractivity contribution in [3.8, 4) is 0 Å². The quantitative estimate of drug-likeness (QED) is 0.296.